The second kappa shape index (κ2) is 4.90. The first kappa shape index (κ1) is 10.8. The summed E-state index contributed by atoms with van der Waals surface area (Å²) in [5.74, 6) is 1.13. The van der Waals surface area contributed by atoms with Crippen LogP contribution in [0.15, 0.2) is 23.1 Å². The zero-order chi connectivity index (χ0) is 10.7. The summed E-state index contributed by atoms with van der Waals surface area (Å²) in [5, 5.41) is 3.50. The summed E-state index contributed by atoms with van der Waals surface area (Å²) in [6, 6.07) is 6.93. The number of nitrogens with one attached hydrogen (secondary N) is 1. The van der Waals surface area contributed by atoms with Gasteiger partial charge in [-0.1, -0.05) is 12.1 Å². The molecule has 82 valence electrons. The van der Waals surface area contributed by atoms with E-state index in [1.54, 1.807) is 0 Å². The predicted molar refractivity (Wildman–Crippen MR) is 67.3 cm³/mol. The molecule has 0 radical (unpaired) electrons. The Hall–Kier alpha value is -0.670. The molecule has 1 atom stereocenters. The lowest BCUT2D eigenvalue weighted by molar-refractivity contribution is 0.674. The lowest BCUT2D eigenvalue weighted by Gasteiger charge is -2.11. The number of nitrogens with two attached hydrogens (primary N) is 1. The second-order valence-electron chi connectivity index (χ2n) is 4.09. The van der Waals surface area contributed by atoms with Gasteiger partial charge in [0.1, 0.15) is 0 Å². The molecular weight excluding hydrogens is 204 g/mol. The highest BCUT2D eigenvalue weighted by molar-refractivity contribution is 7.99. The number of aryl methyl sites for hydroxylation is 1. The van der Waals surface area contributed by atoms with Gasteiger partial charge in [-0.05, 0) is 37.9 Å². The molecule has 0 amide bonds. The van der Waals surface area contributed by atoms with Crippen molar-refractivity contribution in [3.05, 3.63) is 23.8 Å². The van der Waals surface area contributed by atoms with Crippen LogP contribution >= 0.6 is 11.8 Å². The molecule has 0 aromatic heterocycles. The largest absolute Gasteiger partial charge is 0.398 e. The third-order valence-electron chi connectivity index (χ3n) is 2.89. The van der Waals surface area contributed by atoms with Gasteiger partial charge < -0.3 is 11.1 Å². The van der Waals surface area contributed by atoms with Crippen molar-refractivity contribution in [2.75, 3.05) is 18.0 Å². The predicted octanol–water partition coefficient (Wildman–Crippen LogP) is 2.42. The van der Waals surface area contributed by atoms with E-state index in [1.807, 2.05) is 11.8 Å². The van der Waals surface area contributed by atoms with E-state index in [0.717, 1.165) is 11.4 Å². The molecule has 1 aliphatic heterocycles. The second-order valence-corrected chi connectivity index (χ2v) is 5.15. The summed E-state index contributed by atoms with van der Waals surface area (Å²) in [6.45, 7) is 3.24. The van der Waals surface area contributed by atoms with E-state index >= 15 is 0 Å². The van der Waals surface area contributed by atoms with Crippen LogP contribution in [-0.2, 0) is 0 Å². The molecule has 1 aromatic rings. The molecule has 0 unspecified atom stereocenters. The maximum atomic E-state index is 6.03. The Bertz CT molecular complexity index is 332. The van der Waals surface area contributed by atoms with E-state index in [2.05, 4.69) is 30.4 Å². The Kier molecular flexibility index (Phi) is 3.54. The molecule has 2 nitrogen and oxygen atoms in total. The molecule has 1 saturated heterocycles. The van der Waals surface area contributed by atoms with Gasteiger partial charge in [-0.3, -0.25) is 0 Å². The van der Waals surface area contributed by atoms with E-state index in [0.29, 0.717) is 6.04 Å². The first-order chi connectivity index (χ1) is 7.27. The van der Waals surface area contributed by atoms with Gasteiger partial charge in [0.25, 0.3) is 0 Å². The van der Waals surface area contributed by atoms with Gasteiger partial charge in [0.2, 0.25) is 0 Å². The molecule has 0 aliphatic carbocycles. The highest BCUT2D eigenvalue weighted by Gasteiger charge is 2.14. The zero-order valence-electron chi connectivity index (χ0n) is 9.12. The topological polar surface area (TPSA) is 38.0 Å². The molecule has 0 bridgehead atoms. The molecule has 0 spiro atoms. The van der Waals surface area contributed by atoms with Crippen molar-refractivity contribution in [2.45, 2.75) is 30.7 Å². The lowest BCUT2D eigenvalue weighted by Crippen LogP contribution is -2.23. The SMILES string of the molecule is Cc1cccc(SC[C@H]2CCCN2)c1N. The fourth-order valence-corrected chi connectivity index (χ4v) is 3.03. The summed E-state index contributed by atoms with van der Waals surface area (Å²) < 4.78 is 0. The molecule has 2 rings (SSSR count). The van der Waals surface area contributed by atoms with E-state index < -0.39 is 0 Å². The highest BCUT2D eigenvalue weighted by atomic mass is 32.2. The Morgan fingerprint density at radius 2 is 2.40 bits per heavy atom. The molecule has 0 saturated carbocycles. The number of hydrogen-bond donors (Lipinski definition) is 2. The minimum absolute atomic E-state index is 0.676. The van der Waals surface area contributed by atoms with Gasteiger partial charge >= 0.3 is 0 Å². The minimum Gasteiger partial charge on any atom is -0.398 e. The first-order valence-electron chi connectivity index (χ1n) is 5.48. The summed E-state index contributed by atoms with van der Waals surface area (Å²) in [4.78, 5) is 1.23. The van der Waals surface area contributed by atoms with Crippen molar-refractivity contribution in [1.82, 2.24) is 5.32 Å². The molecule has 1 aromatic carbocycles. The Balaban J connectivity index is 1.95. The normalized spacial score (nSPS) is 20.7. The number of benzene rings is 1. The van der Waals surface area contributed by atoms with Crippen LogP contribution < -0.4 is 11.1 Å². The van der Waals surface area contributed by atoms with Crippen molar-refractivity contribution in [2.24, 2.45) is 0 Å². The third kappa shape index (κ3) is 2.67. The monoisotopic (exact) mass is 222 g/mol. The molecule has 3 heteroatoms. The number of rotatable bonds is 3. The minimum atomic E-state index is 0.676. The van der Waals surface area contributed by atoms with Gasteiger partial charge in [-0.25, -0.2) is 0 Å². The van der Waals surface area contributed by atoms with Gasteiger partial charge in [-0.2, -0.15) is 0 Å². The number of nitrogen functional groups attached to an aromatic ring is 1. The quantitative estimate of drug-likeness (QED) is 0.609. The van der Waals surface area contributed by atoms with Crippen molar-refractivity contribution in [3.63, 3.8) is 0 Å². The maximum Gasteiger partial charge on any atom is 0.0481 e. The van der Waals surface area contributed by atoms with Crippen molar-refractivity contribution >= 4 is 17.4 Å². The Morgan fingerprint density at radius 1 is 1.53 bits per heavy atom. The third-order valence-corrected chi connectivity index (χ3v) is 4.12. The van der Waals surface area contributed by atoms with Crippen LogP contribution in [0, 0.1) is 6.92 Å². The van der Waals surface area contributed by atoms with E-state index in [9.17, 15) is 0 Å². The van der Waals surface area contributed by atoms with Crippen molar-refractivity contribution < 1.29 is 0 Å². The van der Waals surface area contributed by atoms with Crippen LogP contribution in [0.2, 0.25) is 0 Å². The average Bonchev–Trinajstić information content (AvgIpc) is 2.73. The maximum absolute atomic E-state index is 6.03. The van der Waals surface area contributed by atoms with Gasteiger partial charge in [0, 0.05) is 22.4 Å². The fraction of sp³-hybridized carbons (Fsp3) is 0.500. The standard InChI is InChI=1S/C12H18N2S/c1-9-4-2-6-11(12(9)13)15-8-10-5-3-7-14-10/h2,4,6,10,14H,3,5,7-8,13H2,1H3/t10-/m1/s1. The van der Waals surface area contributed by atoms with Crippen LogP contribution in [0.25, 0.3) is 0 Å². The number of hydrogen-bond acceptors (Lipinski definition) is 3. The van der Waals surface area contributed by atoms with Crippen LogP contribution in [0.4, 0.5) is 5.69 Å². The molecule has 1 aliphatic rings. The smallest absolute Gasteiger partial charge is 0.0481 e. The van der Waals surface area contributed by atoms with E-state index in [4.69, 9.17) is 5.73 Å². The van der Waals surface area contributed by atoms with Crippen LogP contribution in [0.5, 0.6) is 0 Å². The summed E-state index contributed by atoms with van der Waals surface area (Å²) >= 11 is 1.87. The van der Waals surface area contributed by atoms with E-state index in [1.165, 1.54) is 29.8 Å². The van der Waals surface area contributed by atoms with Gasteiger partial charge in [0.15, 0.2) is 0 Å². The lowest BCUT2D eigenvalue weighted by atomic mass is 10.2. The molecule has 15 heavy (non-hydrogen) atoms. The van der Waals surface area contributed by atoms with Crippen LogP contribution in [-0.4, -0.2) is 18.3 Å². The summed E-state index contributed by atoms with van der Waals surface area (Å²) in [7, 11) is 0. The Labute approximate surface area is 95.6 Å². The van der Waals surface area contributed by atoms with E-state index in [-0.39, 0.29) is 0 Å². The molecule has 1 fully saturated rings. The first-order valence-corrected chi connectivity index (χ1v) is 6.47. The van der Waals surface area contributed by atoms with Crippen molar-refractivity contribution in [3.8, 4) is 0 Å². The number of thioether (sulfide) groups is 1. The zero-order valence-corrected chi connectivity index (χ0v) is 9.94. The van der Waals surface area contributed by atoms with Crippen molar-refractivity contribution in [1.29, 1.82) is 0 Å². The molecule has 1 heterocycles. The Morgan fingerprint density at radius 3 is 3.13 bits per heavy atom. The fourth-order valence-electron chi connectivity index (χ4n) is 1.87. The summed E-state index contributed by atoms with van der Waals surface area (Å²) in [6.07, 6.45) is 2.62. The molecule has 3 N–H and O–H groups in total. The van der Waals surface area contributed by atoms with Gasteiger partial charge in [0.05, 0.1) is 0 Å². The molecular formula is C12H18N2S. The van der Waals surface area contributed by atoms with Crippen LogP contribution in [0.1, 0.15) is 18.4 Å². The number of anilines is 1. The number of para-hydroxylation sites is 1. The van der Waals surface area contributed by atoms with Gasteiger partial charge in [-0.15, -0.1) is 11.8 Å². The highest BCUT2D eigenvalue weighted by Crippen LogP contribution is 2.28. The summed E-state index contributed by atoms with van der Waals surface area (Å²) in [5.41, 5.74) is 8.15. The average molecular weight is 222 g/mol. The van der Waals surface area contributed by atoms with Crippen LogP contribution in [0.3, 0.4) is 0 Å².